The summed E-state index contributed by atoms with van der Waals surface area (Å²) in [6.45, 7) is 8.03. The van der Waals surface area contributed by atoms with Crippen LogP contribution in [0.1, 0.15) is 51.6 Å². The van der Waals surface area contributed by atoms with E-state index in [1.807, 2.05) is 0 Å². The molecular weight excluding hydrogens is 312 g/mol. The number of benzene rings is 1. The molecule has 1 aliphatic rings. The van der Waals surface area contributed by atoms with Crippen LogP contribution >= 0.6 is 15.9 Å². The molecule has 0 bridgehead atoms. The second-order valence-electron chi connectivity index (χ2n) is 6.26. The van der Waals surface area contributed by atoms with Crippen molar-refractivity contribution in [1.29, 1.82) is 0 Å². The van der Waals surface area contributed by atoms with Gasteiger partial charge in [0.1, 0.15) is 0 Å². The van der Waals surface area contributed by atoms with Crippen molar-refractivity contribution in [2.24, 2.45) is 11.7 Å². The Morgan fingerprint density at radius 1 is 1.40 bits per heavy atom. The molecule has 1 heterocycles. The third kappa shape index (κ3) is 3.44. The van der Waals surface area contributed by atoms with E-state index in [1.165, 1.54) is 24.9 Å². The molecular formula is C17H27BrN2. The van der Waals surface area contributed by atoms with Crippen molar-refractivity contribution in [2.45, 2.75) is 58.2 Å². The molecule has 2 nitrogen and oxygen atoms in total. The maximum absolute atomic E-state index is 6.48. The van der Waals surface area contributed by atoms with Gasteiger partial charge in [0, 0.05) is 16.6 Å². The van der Waals surface area contributed by atoms with E-state index in [0.717, 1.165) is 10.9 Å². The Kier molecular flexibility index (Phi) is 5.65. The zero-order valence-electron chi connectivity index (χ0n) is 12.8. The summed E-state index contributed by atoms with van der Waals surface area (Å²) >= 11 is 3.59. The van der Waals surface area contributed by atoms with Gasteiger partial charge in [-0.3, -0.25) is 4.90 Å². The number of halogens is 1. The maximum atomic E-state index is 6.48. The van der Waals surface area contributed by atoms with Crippen LogP contribution in [0.15, 0.2) is 28.7 Å². The molecule has 0 saturated carbocycles. The summed E-state index contributed by atoms with van der Waals surface area (Å²) in [6, 6.07) is 9.86. The molecule has 1 aromatic rings. The molecule has 1 aliphatic heterocycles. The third-order valence-corrected chi connectivity index (χ3v) is 5.03. The van der Waals surface area contributed by atoms with Crippen LogP contribution in [0, 0.1) is 5.92 Å². The fourth-order valence-corrected chi connectivity index (χ4v) is 3.89. The molecule has 2 rings (SSSR count). The Labute approximate surface area is 131 Å². The number of hydrogen-bond acceptors (Lipinski definition) is 2. The lowest BCUT2D eigenvalue weighted by Crippen LogP contribution is -2.44. The van der Waals surface area contributed by atoms with Crippen molar-refractivity contribution < 1.29 is 0 Å². The number of nitrogens with zero attached hydrogens (tertiary/aromatic N) is 1. The third-order valence-electron chi connectivity index (χ3n) is 4.54. The summed E-state index contributed by atoms with van der Waals surface area (Å²) in [5.74, 6) is 0.691. The smallest absolute Gasteiger partial charge is 0.0502 e. The fraction of sp³-hybridized carbons (Fsp3) is 0.647. The molecule has 0 radical (unpaired) electrons. The number of hydrogen-bond donors (Lipinski definition) is 1. The summed E-state index contributed by atoms with van der Waals surface area (Å²) < 4.78 is 1.14. The first-order chi connectivity index (χ1) is 9.54. The van der Waals surface area contributed by atoms with Gasteiger partial charge < -0.3 is 5.73 Å². The van der Waals surface area contributed by atoms with Crippen molar-refractivity contribution >= 4 is 15.9 Å². The molecule has 2 N–H and O–H groups in total. The van der Waals surface area contributed by atoms with Crippen LogP contribution in [0.4, 0.5) is 0 Å². The molecule has 3 atom stereocenters. The van der Waals surface area contributed by atoms with Crippen molar-refractivity contribution in [1.82, 2.24) is 4.90 Å². The van der Waals surface area contributed by atoms with E-state index in [2.05, 4.69) is 65.9 Å². The molecule has 1 aromatic carbocycles. The Bertz CT molecular complexity index is 433. The number of likely N-dealkylation sites (tertiary alicyclic amines) is 1. The zero-order chi connectivity index (χ0) is 14.7. The molecule has 0 spiro atoms. The summed E-state index contributed by atoms with van der Waals surface area (Å²) in [6.07, 6.45) is 3.61. The molecule has 1 fully saturated rings. The minimum Gasteiger partial charge on any atom is -0.326 e. The monoisotopic (exact) mass is 338 g/mol. The van der Waals surface area contributed by atoms with Gasteiger partial charge >= 0.3 is 0 Å². The van der Waals surface area contributed by atoms with Crippen molar-refractivity contribution in [3.8, 4) is 0 Å². The Balaban J connectivity index is 2.32. The molecule has 3 unspecified atom stereocenters. The topological polar surface area (TPSA) is 29.3 Å². The van der Waals surface area contributed by atoms with Crippen LogP contribution in [0.2, 0.25) is 0 Å². The molecule has 20 heavy (non-hydrogen) atoms. The molecule has 0 aliphatic carbocycles. The first-order valence-corrected chi connectivity index (χ1v) is 8.60. The van der Waals surface area contributed by atoms with Gasteiger partial charge in [-0.1, -0.05) is 48.8 Å². The van der Waals surface area contributed by atoms with Gasteiger partial charge in [-0.15, -0.1) is 0 Å². The molecule has 1 saturated heterocycles. The first kappa shape index (κ1) is 16.0. The van der Waals surface area contributed by atoms with Crippen LogP contribution in [0.5, 0.6) is 0 Å². The zero-order valence-corrected chi connectivity index (χ0v) is 14.4. The van der Waals surface area contributed by atoms with Crippen LogP contribution in [-0.2, 0) is 0 Å². The largest absolute Gasteiger partial charge is 0.326 e. The van der Waals surface area contributed by atoms with Crippen molar-refractivity contribution in [3.05, 3.63) is 34.3 Å². The van der Waals surface area contributed by atoms with Crippen molar-refractivity contribution in [3.63, 3.8) is 0 Å². The molecule has 112 valence electrons. The van der Waals surface area contributed by atoms with Crippen molar-refractivity contribution in [2.75, 3.05) is 6.54 Å². The quantitative estimate of drug-likeness (QED) is 0.864. The SMILES string of the molecule is CCC(N)C(c1cccc(Br)c1)N1CCCC1C(C)C. The minimum absolute atomic E-state index is 0.198. The van der Waals surface area contributed by atoms with E-state index in [4.69, 9.17) is 5.73 Å². The molecule has 0 aromatic heterocycles. The lowest BCUT2D eigenvalue weighted by atomic mass is 9.93. The average molecular weight is 339 g/mol. The van der Waals surface area contributed by atoms with Gasteiger partial charge in [-0.25, -0.2) is 0 Å². The number of nitrogens with two attached hydrogens (primary N) is 1. The van der Waals surface area contributed by atoms with Gasteiger partial charge in [0.15, 0.2) is 0 Å². The second kappa shape index (κ2) is 7.06. The van der Waals surface area contributed by atoms with E-state index >= 15 is 0 Å². The maximum Gasteiger partial charge on any atom is 0.0502 e. The average Bonchev–Trinajstić information content (AvgIpc) is 2.88. The van der Waals surface area contributed by atoms with Gasteiger partial charge in [0.2, 0.25) is 0 Å². The summed E-state index contributed by atoms with van der Waals surface area (Å²) in [7, 11) is 0. The van der Waals surface area contributed by atoms with E-state index in [9.17, 15) is 0 Å². The van der Waals surface area contributed by atoms with Crippen LogP contribution in [-0.4, -0.2) is 23.5 Å². The molecule has 3 heteroatoms. The van der Waals surface area contributed by atoms with Crippen LogP contribution in [0.3, 0.4) is 0 Å². The van der Waals surface area contributed by atoms with Gasteiger partial charge in [-0.2, -0.15) is 0 Å². The molecule has 0 amide bonds. The lowest BCUT2D eigenvalue weighted by Gasteiger charge is -2.38. The summed E-state index contributed by atoms with van der Waals surface area (Å²) in [5, 5.41) is 0. The van der Waals surface area contributed by atoms with E-state index < -0.39 is 0 Å². The highest BCUT2D eigenvalue weighted by Gasteiger charge is 2.35. The fourth-order valence-electron chi connectivity index (χ4n) is 3.47. The van der Waals surface area contributed by atoms with E-state index in [0.29, 0.717) is 18.0 Å². The van der Waals surface area contributed by atoms with Gasteiger partial charge in [-0.05, 0) is 49.4 Å². The summed E-state index contributed by atoms with van der Waals surface area (Å²) in [5.41, 5.74) is 7.83. The van der Waals surface area contributed by atoms with E-state index in [1.54, 1.807) is 0 Å². The normalized spacial score (nSPS) is 23.2. The second-order valence-corrected chi connectivity index (χ2v) is 7.18. The van der Waals surface area contributed by atoms with Gasteiger partial charge in [0.05, 0.1) is 6.04 Å². The summed E-state index contributed by atoms with van der Waals surface area (Å²) in [4.78, 5) is 2.65. The van der Waals surface area contributed by atoms with Gasteiger partial charge in [0.25, 0.3) is 0 Å². The highest BCUT2D eigenvalue weighted by molar-refractivity contribution is 9.10. The Hall–Kier alpha value is -0.380. The highest BCUT2D eigenvalue weighted by Crippen LogP contribution is 2.35. The highest BCUT2D eigenvalue weighted by atomic mass is 79.9. The minimum atomic E-state index is 0.198. The first-order valence-electron chi connectivity index (χ1n) is 7.81. The van der Waals surface area contributed by atoms with Crippen LogP contribution < -0.4 is 5.73 Å². The predicted molar refractivity (Wildman–Crippen MR) is 89.7 cm³/mol. The lowest BCUT2D eigenvalue weighted by molar-refractivity contribution is 0.125. The Morgan fingerprint density at radius 2 is 2.15 bits per heavy atom. The predicted octanol–water partition coefficient (Wildman–Crippen LogP) is 4.35. The van der Waals surface area contributed by atoms with Crippen LogP contribution in [0.25, 0.3) is 0 Å². The standard InChI is InChI=1S/C17H27BrN2/c1-4-15(19)17(13-7-5-8-14(18)11-13)20-10-6-9-16(20)12(2)3/h5,7-8,11-12,15-17H,4,6,9-10,19H2,1-3H3. The number of rotatable bonds is 5. The van der Waals surface area contributed by atoms with E-state index in [-0.39, 0.29) is 6.04 Å². The Morgan fingerprint density at radius 3 is 2.75 bits per heavy atom.